The highest BCUT2D eigenvalue weighted by Crippen LogP contribution is 2.27. The molecule has 0 bridgehead atoms. The Morgan fingerprint density at radius 3 is 2.89 bits per heavy atom. The molecule has 0 saturated carbocycles. The maximum Gasteiger partial charge on any atom is 0.190 e. The molecule has 0 spiro atoms. The second kappa shape index (κ2) is 4.73. The third-order valence-corrected chi connectivity index (χ3v) is 3.68. The van der Waals surface area contributed by atoms with Crippen LogP contribution >= 0.6 is 22.6 Å². The fourth-order valence-corrected chi connectivity index (χ4v) is 2.46. The molecule has 2 N–H and O–H groups in total. The molecule has 4 nitrogen and oxygen atoms in total. The lowest BCUT2D eigenvalue weighted by molar-refractivity contribution is 0.102. The molecule has 3 aromatic rings. The minimum absolute atomic E-state index is 0.00834. The van der Waals surface area contributed by atoms with Crippen LogP contribution in [0.4, 0.5) is 5.69 Å². The van der Waals surface area contributed by atoms with Gasteiger partial charge in [-0.3, -0.25) is 9.78 Å². The number of anilines is 1. The molecule has 0 unspecified atom stereocenters. The molecule has 1 aromatic carbocycles. The maximum atomic E-state index is 11.8. The Balaban J connectivity index is 2.42. The van der Waals surface area contributed by atoms with Gasteiger partial charge in [-0.05, 0) is 24.3 Å². The molecule has 0 aliphatic heterocycles. The monoisotopic (exact) mass is 363 g/mol. The largest absolute Gasteiger partial charge is 0.398 e. The Labute approximate surface area is 123 Å². The smallest absolute Gasteiger partial charge is 0.190 e. The van der Waals surface area contributed by atoms with Crippen LogP contribution in [-0.4, -0.2) is 20.2 Å². The maximum absolute atomic E-state index is 11.8. The first-order valence-corrected chi connectivity index (χ1v) is 7.26. The van der Waals surface area contributed by atoms with Crippen LogP contribution in [0.2, 0.25) is 0 Å². The van der Waals surface area contributed by atoms with Gasteiger partial charge in [0.05, 0.1) is 15.5 Å². The molecule has 0 aliphatic carbocycles. The Hall–Kier alpha value is -1.76. The van der Waals surface area contributed by atoms with E-state index < -0.39 is 0 Å². The predicted octanol–water partition coefficient (Wildman–Crippen LogP) is 2.98. The van der Waals surface area contributed by atoms with E-state index in [1.165, 1.54) is 0 Å². The summed E-state index contributed by atoms with van der Waals surface area (Å²) in [4.78, 5) is 20.5. The highest BCUT2D eigenvalue weighted by Gasteiger charge is 2.11. The zero-order chi connectivity index (χ0) is 13.4. The van der Waals surface area contributed by atoms with E-state index in [1.807, 2.05) is 46.9 Å². The van der Waals surface area contributed by atoms with Crippen LogP contribution in [0, 0.1) is 0 Å². The third-order valence-electron chi connectivity index (χ3n) is 2.99. The molecule has 3 rings (SSSR count). The van der Waals surface area contributed by atoms with E-state index in [1.54, 1.807) is 12.3 Å². The molecule has 0 amide bonds. The number of alkyl halides is 1. The van der Waals surface area contributed by atoms with Crippen molar-refractivity contribution < 1.29 is 4.79 Å². The van der Waals surface area contributed by atoms with Crippen molar-refractivity contribution in [3.63, 3.8) is 0 Å². The fourth-order valence-electron chi connectivity index (χ4n) is 2.07. The zero-order valence-electron chi connectivity index (χ0n) is 9.93. The van der Waals surface area contributed by atoms with Gasteiger partial charge in [0.2, 0.25) is 0 Å². The number of pyridine rings is 2. The SMILES string of the molecule is Nc1cc2cccnc2c2nc(C(=O)CI)ccc12. The molecule has 2 aromatic heterocycles. The molecule has 0 aliphatic rings. The number of Topliss-reactive ketones (excluding diaryl/α,β-unsaturated/α-hetero) is 1. The lowest BCUT2D eigenvalue weighted by atomic mass is 10.1. The van der Waals surface area contributed by atoms with Gasteiger partial charge in [-0.25, -0.2) is 4.98 Å². The van der Waals surface area contributed by atoms with Crippen molar-refractivity contribution >= 4 is 55.9 Å². The van der Waals surface area contributed by atoms with Gasteiger partial charge in [0, 0.05) is 22.7 Å². The van der Waals surface area contributed by atoms with E-state index in [2.05, 4.69) is 9.97 Å². The molecule has 0 radical (unpaired) electrons. The quantitative estimate of drug-likeness (QED) is 0.250. The van der Waals surface area contributed by atoms with Crippen molar-refractivity contribution in [2.45, 2.75) is 0 Å². The summed E-state index contributed by atoms with van der Waals surface area (Å²) in [6, 6.07) is 9.23. The highest BCUT2D eigenvalue weighted by molar-refractivity contribution is 14.1. The molecule has 5 heteroatoms. The topological polar surface area (TPSA) is 68.9 Å². The normalized spacial score (nSPS) is 11.0. The van der Waals surface area contributed by atoms with Gasteiger partial charge in [0.1, 0.15) is 5.69 Å². The van der Waals surface area contributed by atoms with Gasteiger partial charge in [-0.1, -0.05) is 28.7 Å². The van der Waals surface area contributed by atoms with Crippen LogP contribution in [0.25, 0.3) is 21.8 Å². The zero-order valence-corrected chi connectivity index (χ0v) is 12.1. The van der Waals surface area contributed by atoms with Crippen molar-refractivity contribution in [3.05, 3.63) is 42.2 Å². The van der Waals surface area contributed by atoms with Gasteiger partial charge >= 0.3 is 0 Å². The molecule has 2 heterocycles. The van der Waals surface area contributed by atoms with E-state index in [-0.39, 0.29) is 5.78 Å². The second-order valence-electron chi connectivity index (χ2n) is 4.19. The molecular formula is C14H10IN3O. The Morgan fingerprint density at radius 1 is 1.26 bits per heavy atom. The van der Waals surface area contributed by atoms with Gasteiger partial charge in [-0.2, -0.15) is 0 Å². The van der Waals surface area contributed by atoms with Crippen molar-refractivity contribution in [1.29, 1.82) is 0 Å². The van der Waals surface area contributed by atoms with Gasteiger partial charge in [0.15, 0.2) is 5.78 Å². The van der Waals surface area contributed by atoms with E-state index >= 15 is 0 Å². The Morgan fingerprint density at radius 2 is 2.11 bits per heavy atom. The van der Waals surface area contributed by atoms with Crippen molar-refractivity contribution in [2.24, 2.45) is 0 Å². The molecule has 94 valence electrons. The average Bonchev–Trinajstić information content (AvgIpc) is 2.46. The third kappa shape index (κ3) is 2.03. The number of hydrogen-bond acceptors (Lipinski definition) is 4. The Bertz CT molecular complexity index is 801. The number of carbonyl (C=O) groups excluding carboxylic acids is 1. The van der Waals surface area contributed by atoms with Crippen LogP contribution in [0.5, 0.6) is 0 Å². The van der Waals surface area contributed by atoms with Crippen molar-refractivity contribution in [3.8, 4) is 0 Å². The fraction of sp³-hybridized carbons (Fsp3) is 0.0714. The number of benzene rings is 1. The lowest BCUT2D eigenvalue weighted by Crippen LogP contribution is -2.04. The van der Waals surface area contributed by atoms with Crippen molar-refractivity contribution in [2.75, 3.05) is 10.2 Å². The number of hydrogen-bond donors (Lipinski definition) is 1. The Kier molecular flexibility index (Phi) is 3.06. The summed E-state index contributed by atoms with van der Waals surface area (Å²) >= 11 is 2.04. The molecule has 19 heavy (non-hydrogen) atoms. The van der Waals surface area contributed by atoms with E-state index in [4.69, 9.17) is 5.73 Å². The summed E-state index contributed by atoms with van der Waals surface area (Å²) in [5, 5.41) is 1.76. The van der Waals surface area contributed by atoms with E-state index in [0.29, 0.717) is 21.3 Å². The molecule has 0 saturated heterocycles. The van der Waals surface area contributed by atoms with Crippen LogP contribution in [-0.2, 0) is 0 Å². The van der Waals surface area contributed by atoms with Gasteiger partial charge < -0.3 is 5.73 Å². The van der Waals surface area contributed by atoms with Crippen LogP contribution < -0.4 is 5.73 Å². The summed E-state index contributed by atoms with van der Waals surface area (Å²) in [7, 11) is 0. The molecule has 0 atom stereocenters. The lowest BCUT2D eigenvalue weighted by Gasteiger charge is -2.07. The number of aromatic nitrogens is 2. The summed E-state index contributed by atoms with van der Waals surface area (Å²) in [5.74, 6) is 0.00834. The summed E-state index contributed by atoms with van der Waals surface area (Å²) in [5.41, 5.74) is 8.59. The first-order chi connectivity index (χ1) is 9.20. The molecular weight excluding hydrogens is 353 g/mol. The highest BCUT2D eigenvalue weighted by atomic mass is 127. The van der Waals surface area contributed by atoms with Crippen molar-refractivity contribution in [1.82, 2.24) is 9.97 Å². The van der Waals surface area contributed by atoms with Crippen LogP contribution in [0.15, 0.2) is 36.5 Å². The first-order valence-electron chi connectivity index (χ1n) is 5.74. The summed E-state index contributed by atoms with van der Waals surface area (Å²) < 4.78 is 0.407. The van der Waals surface area contributed by atoms with Crippen LogP contribution in [0.1, 0.15) is 10.5 Å². The number of fused-ring (bicyclic) bond motifs is 3. The number of nitrogens with two attached hydrogens (primary N) is 1. The summed E-state index contributed by atoms with van der Waals surface area (Å²) in [6.45, 7) is 0. The second-order valence-corrected chi connectivity index (χ2v) is 4.95. The number of nitrogen functional groups attached to an aromatic ring is 1. The average molecular weight is 363 g/mol. The van der Waals surface area contributed by atoms with Gasteiger partial charge in [0.25, 0.3) is 0 Å². The van der Waals surface area contributed by atoms with E-state index in [9.17, 15) is 4.79 Å². The number of halogens is 1. The standard InChI is InChI=1S/C14H10IN3O/c15-7-12(19)11-4-3-9-10(16)6-8-2-1-5-17-13(8)14(9)18-11/h1-6H,7,16H2. The first kappa shape index (κ1) is 12.3. The number of carbonyl (C=O) groups is 1. The molecule has 0 fully saturated rings. The number of nitrogens with zero attached hydrogens (tertiary/aromatic N) is 2. The minimum atomic E-state index is 0.00834. The number of ketones is 1. The summed E-state index contributed by atoms with van der Waals surface area (Å²) in [6.07, 6.45) is 1.71. The number of rotatable bonds is 2. The van der Waals surface area contributed by atoms with E-state index in [0.717, 1.165) is 16.3 Å². The van der Waals surface area contributed by atoms with Gasteiger partial charge in [-0.15, -0.1) is 0 Å². The van der Waals surface area contributed by atoms with Crippen LogP contribution in [0.3, 0.4) is 0 Å². The minimum Gasteiger partial charge on any atom is -0.398 e. The predicted molar refractivity (Wildman–Crippen MR) is 84.7 cm³/mol.